The van der Waals surface area contributed by atoms with E-state index in [9.17, 15) is 14.7 Å². The number of likely N-dealkylation sites (tertiary alicyclic amines) is 1. The Morgan fingerprint density at radius 2 is 2.19 bits per heavy atom. The van der Waals surface area contributed by atoms with Gasteiger partial charge in [-0.25, -0.2) is 4.98 Å². The number of aromatic nitrogens is 2. The van der Waals surface area contributed by atoms with Gasteiger partial charge in [-0.1, -0.05) is 0 Å². The lowest BCUT2D eigenvalue weighted by Crippen LogP contribution is -2.40. The lowest BCUT2D eigenvalue weighted by molar-refractivity contribution is -0.149. The zero-order chi connectivity index (χ0) is 18.3. The van der Waals surface area contributed by atoms with Crippen LogP contribution >= 0.6 is 0 Å². The van der Waals surface area contributed by atoms with Crippen LogP contribution in [0.5, 0.6) is 5.75 Å². The predicted molar refractivity (Wildman–Crippen MR) is 92.0 cm³/mol. The molecule has 26 heavy (non-hydrogen) atoms. The van der Waals surface area contributed by atoms with E-state index in [1.165, 1.54) is 0 Å². The minimum Gasteiger partial charge on any atom is -0.497 e. The van der Waals surface area contributed by atoms with E-state index in [1.54, 1.807) is 13.3 Å². The summed E-state index contributed by atoms with van der Waals surface area (Å²) in [7, 11) is 1.62. The maximum absolute atomic E-state index is 12.0. The molecule has 1 amide bonds. The van der Waals surface area contributed by atoms with E-state index in [0.717, 1.165) is 17.3 Å². The van der Waals surface area contributed by atoms with Crippen molar-refractivity contribution in [3.8, 4) is 11.4 Å². The molecule has 2 aliphatic rings. The van der Waals surface area contributed by atoms with Gasteiger partial charge in [0.15, 0.2) is 0 Å². The first-order chi connectivity index (χ1) is 12.5. The highest BCUT2D eigenvalue weighted by Gasteiger charge is 2.59. The number of methoxy groups -OCH3 is 1. The fourth-order valence-corrected chi connectivity index (χ4v) is 3.93. The molecule has 2 atom stereocenters. The Hall–Kier alpha value is -2.87. The number of carbonyl (C=O) groups is 2. The van der Waals surface area contributed by atoms with Crippen molar-refractivity contribution in [2.75, 3.05) is 26.7 Å². The van der Waals surface area contributed by atoms with Crippen LogP contribution in [0.15, 0.2) is 36.7 Å². The summed E-state index contributed by atoms with van der Waals surface area (Å²) in [6, 6.07) is 7.63. The molecule has 0 saturated carbocycles. The Labute approximate surface area is 150 Å². The van der Waals surface area contributed by atoms with Crippen LogP contribution in [0.3, 0.4) is 0 Å². The molecule has 0 bridgehead atoms. The molecule has 4 rings (SSSR count). The van der Waals surface area contributed by atoms with E-state index in [1.807, 2.05) is 39.9 Å². The molecule has 1 aromatic carbocycles. The number of benzene rings is 1. The molecule has 8 heteroatoms. The number of hydrogen-bond donors (Lipinski definition) is 2. The van der Waals surface area contributed by atoms with E-state index in [-0.39, 0.29) is 12.5 Å². The molecule has 2 saturated heterocycles. The summed E-state index contributed by atoms with van der Waals surface area (Å²) in [5.41, 5.74) is -0.0855. The van der Waals surface area contributed by atoms with Gasteiger partial charge in [0.25, 0.3) is 0 Å². The van der Waals surface area contributed by atoms with Crippen LogP contribution in [0.25, 0.3) is 5.69 Å². The third kappa shape index (κ3) is 2.53. The first-order valence-electron chi connectivity index (χ1n) is 8.43. The Bertz CT molecular complexity index is 847. The van der Waals surface area contributed by atoms with Crippen LogP contribution in [0, 0.1) is 11.3 Å². The van der Waals surface area contributed by atoms with Crippen molar-refractivity contribution in [2.24, 2.45) is 11.3 Å². The van der Waals surface area contributed by atoms with Crippen LogP contribution in [0.1, 0.15) is 5.82 Å². The summed E-state index contributed by atoms with van der Waals surface area (Å²) in [6.45, 7) is 1.43. The molecular weight excluding hydrogens is 336 g/mol. The average Bonchev–Trinajstić information content (AvgIpc) is 3.32. The van der Waals surface area contributed by atoms with Crippen molar-refractivity contribution in [1.82, 2.24) is 19.8 Å². The number of rotatable bonds is 5. The van der Waals surface area contributed by atoms with Gasteiger partial charge in [0, 0.05) is 37.7 Å². The molecular formula is C18H20N4O4. The maximum atomic E-state index is 12.0. The fraction of sp³-hybridized carbons (Fsp3) is 0.389. The zero-order valence-corrected chi connectivity index (χ0v) is 14.4. The Morgan fingerprint density at radius 1 is 1.42 bits per heavy atom. The smallest absolute Gasteiger partial charge is 0.313 e. The molecule has 2 aliphatic heterocycles. The number of ether oxygens (including phenoxy) is 1. The highest BCUT2D eigenvalue weighted by Crippen LogP contribution is 2.40. The zero-order valence-electron chi connectivity index (χ0n) is 14.4. The molecule has 0 aliphatic carbocycles. The average molecular weight is 356 g/mol. The van der Waals surface area contributed by atoms with Crippen molar-refractivity contribution in [1.29, 1.82) is 0 Å². The second-order valence-corrected chi connectivity index (χ2v) is 6.81. The molecule has 1 aromatic heterocycles. The van der Waals surface area contributed by atoms with Gasteiger partial charge in [-0.3, -0.25) is 14.5 Å². The summed E-state index contributed by atoms with van der Waals surface area (Å²) >= 11 is 0. The highest BCUT2D eigenvalue weighted by atomic mass is 16.5. The lowest BCUT2D eigenvalue weighted by Gasteiger charge is -2.22. The summed E-state index contributed by atoms with van der Waals surface area (Å²) < 4.78 is 7.14. The van der Waals surface area contributed by atoms with Crippen LogP contribution in [0.2, 0.25) is 0 Å². The number of nitrogens with zero attached hydrogens (tertiary/aromatic N) is 3. The third-order valence-corrected chi connectivity index (χ3v) is 5.37. The third-order valence-electron chi connectivity index (χ3n) is 5.37. The number of fused-ring (bicyclic) bond motifs is 1. The molecule has 0 spiro atoms. The number of imidazole rings is 1. The molecule has 2 fully saturated rings. The summed E-state index contributed by atoms with van der Waals surface area (Å²) in [5.74, 6) is -0.0204. The number of amides is 1. The summed E-state index contributed by atoms with van der Waals surface area (Å²) in [4.78, 5) is 30.2. The fourth-order valence-electron chi connectivity index (χ4n) is 3.93. The van der Waals surface area contributed by atoms with Crippen molar-refractivity contribution in [2.45, 2.75) is 6.54 Å². The molecule has 0 unspecified atom stereocenters. The maximum Gasteiger partial charge on any atom is 0.313 e. The number of nitrogens with one attached hydrogen (secondary N) is 1. The van der Waals surface area contributed by atoms with Gasteiger partial charge in [-0.2, -0.15) is 0 Å². The number of carboxylic acid groups (broad SMARTS) is 1. The number of aliphatic carboxylic acids is 1. The normalized spacial score (nSPS) is 25.1. The SMILES string of the molecule is COc1ccc(-n2ccnc2CN2C[C@H]3C(=O)NC[C@@]3(C(=O)O)C2)cc1. The van der Waals surface area contributed by atoms with E-state index in [2.05, 4.69) is 10.3 Å². The van der Waals surface area contributed by atoms with E-state index >= 15 is 0 Å². The first kappa shape index (κ1) is 16.6. The highest BCUT2D eigenvalue weighted by molar-refractivity contribution is 5.92. The van der Waals surface area contributed by atoms with Gasteiger partial charge in [-0.05, 0) is 24.3 Å². The van der Waals surface area contributed by atoms with Gasteiger partial charge in [0.1, 0.15) is 17.0 Å². The molecule has 2 aromatic rings. The van der Waals surface area contributed by atoms with Crippen LogP contribution in [0.4, 0.5) is 0 Å². The largest absolute Gasteiger partial charge is 0.497 e. The van der Waals surface area contributed by atoms with Crippen LogP contribution in [-0.4, -0.2) is 58.2 Å². The minimum absolute atomic E-state index is 0.173. The van der Waals surface area contributed by atoms with E-state index in [4.69, 9.17) is 4.74 Å². The van der Waals surface area contributed by atoms with Crippen LogP contribution in [-0.2, 0) is 16.1 Å². The van der Waals surface area contributed by atoms with E-state index < -0.39 is 17.3 Å². The Kier molecular flexibility index (Phi) is 3.91. The molecule has 3 heterocycles. The first-order valence-corrected chi connectivity index (χ1v) is 8.43. The molecule has 136 valence electrons. The Balaban J connectivity index is 1.55. The standard InChI is InChI=1S/C18H20N4O4/c1-26-13-4-2-12(3-5-13)22-7-6-19-15(22)9-21-8-14-16(23)20-10-18(14,11-21)17(24)25/h2-7,14H,8-11H2,1H3,(H,20,23)(H,24,25)/t14-,18+/m0/s1. The lowest BCUT2D eigenvalue weighted by atomic mass is 9.81. The van der Waals surface area contributed by atoms with Gasteiger partial charge < -0.3 is 19.7 Å². The molecule has 8 nitrogen and oxygen atoms in total. The van der Waals surface area contributed by atoms with Crippen molar-refractivity contribution in [3.05, 3.63) is 42.5 Å². The predicted octanol–water partition coefficient (Wildman–Crippen LogP) is 0.514. The summed E-state index contributed by atoms with van der Waals surface area (Å²) in [6.07, 6.45) is 3.59. The minimum atomic E-state index is -1.03. The van der Waals surface area contributed by atoms with Crippen molar-refractivity contribution < 1.29 is 19.4 Å². The van der Waals surface area contributed by atoms with E-state index in [0.29, 0.717) is 19.6 Å². The Morgan fingerprint density at radius 3 is 2.85 bits per heavy atom. The molecule has 2 N–H and O–H groups in total. The van der Waals surface area contributed by atoms with Gasteiger partial charge >= 0.3 is 5.97 Å². The van der Waals surface area contributed by atoms with Gasteiger partial charge in [-0.15, -0.1) is 0 Å². The van der Waals surface area contributed by atoms with Crippen molar-refractivity contribution in [3.63, 3.8) is 0 Å². The monoisotopic (exact) mass is 356 g/mol. The number of hydrogen-bond acceptors (Lipinski definition) is 5. The van der Waals surface area contributed by atoms with Crippen molar-refractivity contribution >= 4 is 11.9 Å². The number of carboxylic acids is 1. The van der Waals surface area contributed by atoms with Crippen LogP contribution < -0.4 is 10.1 Å². The van der Waals surface area contributed by atoms with Gasteiger partial charge in [0.05, 0.1) is 19.6 Å². The number of carbonyl (C=O) groups excluding carboxylic acids is 1. The molecule has 0 radical (unpaired) electrons. The quantitative estimate of drug-likeness (QED) is 0.810. The second kappa shape index (κ2) is 6.14. The second-order valence-electron chi connectivity index (χ2n) is 6.81. The van der Waals surface area contributed by atoms with Gasteiger partial charge in [0.2, 0.25) is 5.91 Å². The topological polar surface area (TPSA) is 96.7 Å². The summed E-state index contributed by atoms with van der Waals surface area (Å²) in [5, 5.41) is 12.4.